The first-order chi connectivity index (χ1) is 6.45. The van der Waals surface area contributed by atoms with Gasteiger partial charge in [0.1, 0.15) is 5.69 Å². The molecule has 0 fully saturated rings. The summed E-state index contributed by atoms with van der Waals surface area (Å²) >= 11 is 0. The maximum atomic E-state index is 12.8. The normalized spacial score (nSPS) is 13.2. The Morgan fingerprint density at radius 1 is 1.43 bits per heavy atom. The van der Waals surface area contributed by atoms with Gasteiger partial charge in [-0.1, -0.05) is 0 Å². The van der Waals surface area contributed by atoms with Crippen molar-refractivity contribution in [2.24, 2.45) is 0 Å². The molecule has 1 aromatic heterocycles. The quantitative estimate of drug-likeness (QED) is 0.746. The van der Waals surface area contributed by atoms with Gasteiger partial charge in [0.25, 0.3) is 6.43 Å². The Bertz CT molecular complexity index is 352. The third-order valence-corrected chi connectivity index (χ3v) is 1.43. The number of hydrogen-bond acceptors (Lipinski definition) is 2. The average molecular weight is 212 g/mol. The number of nitrogens with zero attached hydrogens (tertiary/aromatic N) is 1. The Balaban J connectivity index is 3.06. The standard InChI is InChI=1S/C6H4F4N2O2/c7-1-3(2(8)5(9)10)11-12-4(1)6(13)14/h2,5H,(H,11,12)(H,13,14). The molecule has 0 saturated heterocycles. The Morgan fingerprint density at radius 3 is 2.36 bits per heavy atom. The monoisotopic (exact) mass is 212 g/mol. The van der Waals surface area contributed by atoms with Crippen molar-refractivity contribution in [2.75, 3.05) is 0 Å². The summed E-state index contributed by atoms with van der Waals surface area (Å²) in [7, 11) is 0. The third kappa shape index (κ3) is 1.68. The molecule has 1 heterocycles. The van der Waals surface area contributed by atoms with Crippen LogP contribution in [0.1, 0.15) is 22.4 Å². The predicted molar refractivity (Wildman–Crippen MR) is 35.4 cm³/mol. The summed E-state index contributed by atoms with van der Waals surface area (Å²) < 4.78 is 48.9. The molecule has 0 amide bonds. The summed E-state index contributed by atoms with van der Waals surface area (Å²) in [6, 6.07) is 0. The predicted octanol–water partition coefficient (Wildman–Crippen LogP) is 1.52. The molecule has 1 unspecified atom stereocenters. The highest BCUT2D eigenvalue weighted by atomic mass is 19.3. The molecular formula is C6H4F4N2O2. The van der Waals surface area contributed by atoms with Crippen LogP contribution in [-0.4, -0.2) is 27.7 Å². The van der Waals surface area contributed by atoms with E-state index in [4.69, 9.17) is 5.11 Å². The minimum Gasteiger partial charge on any atom is -0.476 e. The number of nitrogens with one attached hydrogen (secondary N) is 1. The van der Waals surface area contributed by atoms with E-state index in [-0.39, 0.29) is 0 Å². The molecule has 1 rings (SSSR count). The van der Waals surface area contributed by atoms with Gasteiger partial charge in [-0.05, 0) is 0 Å². The molecule has 78 valence electrons. The van der Waals surface area contributed by atoms with E-state index in [0.717, 1.165) is 0 Å². The summed E-state index contributed by atoms with van der Waals surface area (Å²) in [6.07, 6.45) is -6.38. The number of aromatic nitrogens is 2. The van der Waals surface area contributed by atoms with E-state index in [0.29, 0.717) is 0 Å². The zero-order valence-electron chi connectivity index (χ0n) is 6.47. The van der Waals surface area contributed by atoms with Crippen molar-refractivity contribution < 1.29 is 27.5 Å². The summed E-state index contributed by atoms with van der Waals surface area (Å²) in [5.74, 6) is -3.34. The molecule has 2 N–H and O–H groups in total. The highest BCUT2D eigenvalue weighted by molar-refractivity contribution is 5.85. The zero-order chi connectivity index (χ0) is 10.9. The second kappa shape index (κ2) is 3.64. The van der Waals surface area contributed by atoms with E-state index in [1.807, 2.05) is 0 Å². The lowest BCUT2D eigenvalue weighted by atomic mass is 10.2. The smallest absolute Gasteiger partial charge is 0.357 e. The lowest BCUT2D eigenvalue weighted by molar-refractivity contribution is 0.0451. The van der Waals surface area contributed by atoms with Gasteiger partial charge in [-0.15, -0.1) is 0 Å². The number of halogens is 4. The van der Waals surface area contributed by atoms with Crippen LogP contribution in [0.25, 0.3) is 0 Å². The fourth-order valence-corrected chi connectivity index (χ4v) is 0.786. The number of carbonyl (C=O) groups is 1. The van der Waals surface area contributed by atoms with Crippen LogP contribution in [0.4, 0.5) is 17.6 Å². The first kappa shape index (κ1) is 10.5. The Hall–Kier alpha value is -1.60. The van der Waals surface area contributed by atoms with Crippen LogP contribution in [0.15, 0.2) is 0 Å². The van der Waals surface area contributed by atoms with Crippen LogP contribution in [0, 0.1) is 5.82 Å². The van der Waals surface area contributed by atoms with Gasteiger partial charge in [0.15, 0.2) is 11.5 Å². The third-order valence-electron chi connectivity index (χ3n) is 1.43. The van der Waals surface area contributed by atoms with Crippen molar-refractivity contribution >= 4 is 5.97 Å². The van der Waals surface area contributed by atoms with E-state index in [2.05, 4.69) is 5.10 Å². The molecular weight excluding hydrogens is 208 g/mol. The number of aromatic amines is 1. The molecule has 8 heteroatoms. The molecule has 0 spiro atoms. The topological polar surface area (TPSA) is 66.0 Å². The average Bonchev–Trinajstić information content (AvgIpc) is 2.45. The molecule has 1 aromatic rings. The van der Waals surface area contributed by atoms with Crippen LogP contribution in [-0.2, 0) is 0 Å². The number of H-pyrrole nitrogens is 1. The highest BCUT2D eigenvalue weighted by Crippen LogP contribution is 2.26. The SMILES string of the molecule is O=C(O)c1[nH]nc(C(F)C(F)F)c1F. The van der Waals surface area contributed by atoms with Crippen LogP contribution >= 0.6 is 0 Å². The van der Waals surface area contributed by atoms with Gasteiger partial charge in [-0.2, -0.15) is 5.10 Å². The van der Waals surface area contributed by atoms with Gasteiger partial charge in [-0.3, -0.25) is 5.10 Å². The molecule has 0 radical (unpaired) electrons. The molecule has 0 aromatic carbocycles. The second-order valence-electron chi connectivity index (χ2n) is 2.34. The molecule has 0 bridgehead atoms. The minimum absolute atomic E-state index is 1.04. The number of alkyl halides is 3. The lowest BCUT2D eigenvalue weighted by Crippen LogP contribution is -2.06. The first-order valence-corrected chi connectivity index (χ1v) is 3.34. The summed E-state index contributed by atoms with van der Waals surface area (Å²) in [5.41, 5.74) is -2.26. The van der Waals surface area contributed by atoms with Gasteiger partial charge in [-0.25, -0.2) is 22.4 Å². The van der Waals surface area contributed by atoms with Crippen LogP contribution in [0.5, 0.6) is 0 Å². The number of carboxylic acid groups (broad SMARTS) is 1. The van der Waals surface area contributed by atoms with Gasteiger partial charge >= 0.3 is 5.97 Å². The van der Waals surface area contributed by atoms with E-state index in [1.165, 1.54) is 0 Å². The maximum Gasteiger partial charge on any atom is 0.357 e. The Labute approximate surface area is 74.5 Å². The Morgan fingerprint density at radius 2 is 2.00 bits per heavy atom. The van der Waals surface area contributed by atoms with Crippen molar-refractivity contribution in [2.45, 2.75) is 12.6 Å². The highest BCUT2D eigenvalue weighted by Gasteiger charge is 2.30. The van der Waals surface area contributed by atoms with Crippen molar-refractivity contribution in [1.29, 1.82) is 0 Å². The van der Waals surface area contributed by atoms with Crippen molar-refractivity contribution in [1.82, 2.24) is 10.2 Å². The molecule has 14 heavy (non-hydrogen) atoms. The van der Waals surface area contributed by atoms with Gasteiger partial charge in [0.2, 0.25) is 6.17 Å². The lowest BCUT2D eigenvalue weighted by Gasteiger charge is -2.01. The van der Waals surface area contributed by atoms with E-state index in [9.17, 15) is 22.4 Å². The number of hydrogen-bond donors (Lipinski definition) is 2. The molecule has 1 atom stereocenters. The minimum atomic E-state index is -3.45. The first-order valence-electron chi connectivity index (χ1n) is 3.34. The van der Waals surface area contributed by atoms with Crippen molar-refractivity contribution in [3.63, 3.8) is 0 Å². The number of rotatable bonds is 3. The molecule has 0 aliphatic rings. The largest absolute Gasteiger partial charge is 0.476 e. The summed E-state index contributed by atoms with van der Waals surface area (Å²) in [6.45, 7) is 0. The number of carboxylic acids is 1. The summed E-state index contributed by atoms with van der Waals surface area (Å²) in [5, 5.41) is 12.7. The van der Waals surface area contributed by atoms with Crippen LogP contribution in [0.3, 0.4) is 0 Å². The van der Waals surface area contributed by atoms with Crippen LogP contribution < -0.4 is 0 Å². The molecule has 0 aliphatic carbocycles. The molecule has 4 nitrogen and oxygen atoms in total. The van der Waals surface area contributed by atoms with Gasteiger partial charge < -0.3 is 5.11 Å². The summed E-state index contributed by atoms with van der Waals surface area (Å²) in [4.78, 5) is 10.2. The van der Waals surface area contributed by atoms with Crippen LogP contribution in [0.2, 0.25) is 0 Å². The fraction of sp³-hybridized carbons (Fsp3) is 0.333. The van der Waals surface area contributed by atoms with E-state index < -0.39 is 35.8 Å². The van der Waals surface area contributed by atoms with Gasteiger partial charge in [0.05, 0.1) is 0 Å². The molecule has 0 saturated carbocycles. The zero-order valence-corrected chi connectivity index (χ0v) is 6.47. The van der Waals surface area contributed by atoms with Crippen molar-refractivity contribution in [3.8, 4) is 0 Å². The van der Waals surface area contributed by atoms with Crippen molar-refractivity contribution in [3.05, 3.63) is 17.2 Å². The maximum absolute atomic E-state index is 12.8. The number of aromatic carboxylic acids is 1. The fourth-order valence-electron chi connectivity index (χ4n) is 0.786. The van der Waals surface area contributed by atoms with Gasteiger partial charge in [0, 0.05) is 0 Å². The second-order valence-corrected chi connectivity index (χ2v) is 2.34. The molecule has 0 aliphatic heterocycles. The Kier molecular flexibility index (Phi) is 2.73. The van der Waals surface area contributed by atoms with E-state index in [1.54, 1.807) is 5.10 Å². The van der Waals surface area contributed by atoms with E-state index >= 15 is 0 Å².